The maximum atomic E-state index is 12.1. The number of nitrogens with zero attached hydrogens (tertiary/aromatic N) is 3. The van der Waals surface area contributed by atoms with E-state index >= 15 is 0 Å². The second-order valence-corrected chi connectivity index (χ2v) is 5.59. The van der Waals surface area contributed by atoms with Crippen LogP contribution in [0.4, 0.5) is 0 Å². The molecular formula is C18H20N4O3. The fourth-order valence-electron chi connectivity index (χ4n) is 2.42. The largest absolute Gasteiger partial charge is 0.497 e. The molecule has 0 saturated heterocycles. The summed E-state index contributed by atoms with van der Waals surface area (Å²) in [6.45, 7) is 1.31. The van der Waals surface area contributed by atoms with Crippen LogP contribution in [0.3, 0.4) is 0 Å². The number of methoxy groups -OCH3 is 1. The summed E-state index contributed by atoms with van der Waals surface area (Å²) in [4.78, 5) is 12.1. The highest BCUT2D eigenvalue weighted by Gasteiger charge is 2.12. The van der Waals surface area contributed by atoms with Gasteiger partial charge in [-0.1, -0.05) is 17.3 Å². The van der Waals surface area contributed by atoms with Gasteiger partial charge in [-0.2, -0.15) is 5.10 Å². The molecular weight excluding hydrogens is 320 g/mol. The lowest BCUT2D eigenvalue weighted by Crippen LogP contribution is -2.24. The van der Waals surface area contributed by atoms with E-state index in [0.29, 0.717) is 18.7 Å². The summed E-state index contributed by atoms with van der Waals surface area (Å²) in [7, 11) is 1.63. The number of carbonyl (C=O) groups excluding carboxylic acids is 1. The van der Waals surface area contributed by atoms with E-state index in [-0.39, 0.29) is 11.7 Å². The molecule has 1 aromatic carbocycles. The minimum Gasteiger partial charge on any atom is -0.497 e. The van der Waals surface area contributed by atoms with Gasteiger partial charge in [-0.15, -0.1) is 0 Å². The van der Waals surface area contributed by atoms with Gasteiger partial charge in [-0.3, -0.25) is 9.48 Å². The summed E-state index contributed by atoms with van der Waals surface area (Å²) in [5, 5.41) is 10.9. The van der Waals surface area contributed by atoms with Crippen molar-refractivity contribution in [3.8, 4) is 5.75 Å². The van der Waals surface area contributed by atoms with Gasteiger partial charge in [-0.25, -0.2) is 0 Å². The van der Waals surface area contributed by atoms with Crippen LogP contribution in [0, 0.1) is 0 Å². The molecule has 3 aromatic rings. The number of rotatable bonds is 8. The highest BCUT2D eigenvalue weighted by molar-refractivity contribution is 5.91. The first-order valence-corrected chi connectivity index (χ1v) is 8.09. The number of amides is 1. The van der Waals surface area contributed by atoms with Crippen LogP contribution in [0.2, 0.25) is 0 Å². The van der Waals surface area contributed by atoms with E-state index in [4.69, 9.17) is 9.26 Å². The molecule has 0 radical (unpaired) electrons. The molecule has 0 fully saturated rings. The number of hydrogen-bond donors (Lipinski definition) is 1. The van der Waals surface area contributed by atoms with E-state index in [1.807, 2.05) is 41.2 Å². The van der Waals surface area contributed by atoms with Crippen LogP contribution >= 0.6 is 0 Å². The van der Waals surface area contributed by atoms with Gasteiger partial charge in [0.15, 0.2) is 0 Å². The van der Waals surface area contributed by atoms with Crippen molar-refractivity contribution in [1.29, 1.82) is 0 Å². The van der Waals surface area contributed by atoms with Crippen molar-refractivity contribution in [3.63, 3.8) is 0 Å². The van der Waals surface area contributed by atoms with Crippen molar-refractivity contribution in [1.82, 2.24) is 20.3 Å². The Balaban J connectivity index is 1.47. The van der Waals surface area contributed by atoms with Crippen LogP contribution in [0.5, 0.6) is 5.75 Å². The summed E-state index contributed by atoms with van der Waals surface area (Å²) >= 11 is 0. The Morgan fingerprint density at radius 2 is 2.16 bits per heavy atom. The molecule has 130 valence electrons. The summed E-state index contributed by atoms with van der Waals surface area (Å²) in [5.41, 5.74) is 1.78. The Morgan fingerprint density at radius 1 is 1.32 bits per heavy atom. The van der Waals surface area contributed by atoms with E-state index in [0.717, 1.165) is 24.3 Å². The van der Waals surface area contributed by atoms with Gasteiger partial charge in [0.05, 0.1) is 12.8 Å². The lowest BCUT2D eigenvalue weighted by molar-refractivity contribution is 0.0915. The first-order chi connectivity index (χ1) is 12.2. The third-order valence-corrected chi connectivity index (χ3v) is 3.74. The second-order valence-electron chi connectivity index (χ2n) is 5.59. The number of carbonyl (C=O) groups is 1. The molecule has 25 heavy (non-hydrogen) atoms. The van der Waals surface area contributed by atoms with E-state index in [1.165, 1.54) is 0 Å². The number of hydrogen-bond acceptors (Lipinski definition) is 5. The Labute approximate surface area is 145 Å². The average Bonchev–Trinajstić information content (AvgIpc) is 3.31. The maximum absolute atomic E-state index is 12.1. The second kappa shape index (κ2) is 8.14. The van der Waals surface area contributed by atoms with E-state index in [9.17, 15) is 4.79 Å². The molecule has 0 bridgehead atoms. The van der Waals surface area contributed by atoms with Gasteiger partial charge in [0.2, 0.25) is 5.76 Å². The molecule has 1 N–H and O–H groups in total. The molecule has 7 nitrogen and oxygen atoms in total. The van der Waals surface area contributed by atoms with Crippen molar-refractivity contribution in [3.05, 3.63) is 65.8 Å². The van der Waals surface area contributed by atoms with Crippen LogP contribution in [-0.2, 0) is 13.0 Å². The van der Waals surface area contributed by atoms with Gasteiger partial charge < -0.3 is 14.6 Å². The zero-order valence-corrected chi connectivity index (χ0v) is 14.0. The predicted molar refractivity (Wildman–Crippen MR) is 91.5 cm³/mol. The summed E-state index contributed by atoms with van der Waals surface area (Å²) < 4.78 is 12.1. The third-order valence-electron chi connectivity index (χ3n) is 3.74. The Bertz CT molecular complexity index is 794. The smallest absolute Gasteiger partial charge is 0.289 e. The van der Waals surface area contributed by atoms with E-state index < -0.39 is 0 Å². The van der Waals surface area contributed by atoms with Crippen LogP contribution < -0.4 is 10.1 Å². The zero-order valence-electron chi connectivity index (χ0n) is 14.0. The fraction of sp³-hybridized carbons (Fsp3) is 0.278. The first-order valence-electron chi connectivity index (χ1n) is 8.09. The Hall–Kier alpha value is -3.09. The number of benzene rings is 1. The summed E-state index contributed by atoms with van der Waals surface area (Å²) in [6.07, 6.45) is 5.02. The summed E-state index contributed by atoms with van der Waals surface area (Å²) in [6, 6.07) is 11.3. The van der Waals surface area contributed by atoms with Gasteiger partial charge >= 0.3 is 0 Å². The molecule has 0 aliphatic rings. The fourth-order valence-corrected chi connectivity index (χ4v) is 2.42. The van der Waals surface area contributed by atoms with Gasteiger partial charge in [0, 0.05) is 38.0 Å². The Kier molecular flexibility index (Phi) is 5.46. The monoisotopic (exact) mass is 340 g/mol. The quantitative estimate of drug-likeness (QED) is 0.636. The van der Waals surface area contributed by atoms with Crippen LogP contribution in [0.1, 0.15) is 28.2 Å². The normalized spacial score (nSPS) is 10.6. The topological polar surface area (TPSA) is 82.2 Å². The molecule has 0 saturated carbocycles. The average molecular weight is 340 g/mol. The van der Waals surface area contributed by atoms with Gasteiger partial charge in [0.25, 0.3) is 5.91 Å². The molecule has 0 spiro atoms. The molecule has 7 heteroatoms. The first kappa shape index (κ1) is 16.8. The number of aryl methyl sites for hydroxylation is 1. The van der Waals surface area contributed by atoms with E-state index in [2.05, 4.69) is 15.6 Å². The third kappa shape index (κ3) is 4.69. The highest BCUT2D eigenvalue weighted by atomic mass is 16.5. The lowest BCUT2D eigenvalue weighted by Gasteiger charge is -2.03. The molecule has 1 amide bonds. The number of ether oxygens (including phenoxy) is 1. The lowest BCUT2D eigenvalue weighted by atomic mass is 10.1. The zero-order chi connectivity index (χ0) is 17.5. The van der Waals surface area contributed by atoms with Crippen molar-refractivity contribution in [2.24, 2.45) is 0 Å². The minimum atomic E-state index is -0.256. The highest BCUT2D eigenvalue weighted by Crippen LogP contribution is 2.15. The van der Waals surface area contributed by atoms with Crippen LogP contribution in [0.25, 0.3) is 0 Å². The molecule has 2 aromatic heterocycles. The number of aromatic nitrogens is 3. The van der Waals surface area contributed by atoms with Gasteiger partial charge in [-0.05, 0) is 30.2 Å². The Morgan fingerprint density at radius 3 is 2.88 bits per heavy atom. The maximum Gasteiger partial charge on any atom is 0.289 e. The molecule has 2 heterocycles. The number of nitrogens with one attached hydrogen (secondary N) is 1. The van der Waals surface area contributed by atoms with Crippen molar-refractivity contribution < 1.29 is 14.1 Å². The molecule has 0 aliphatic heterocycles. The van der Waals surface area contributed by atoms with Crippen molar-refractivity contribution in [2.75, 3.05) is 13.7 Å². The van der Waals surface area contributed by atoms with Crippen molar-refractivity contribution in [2.45, 2.75) is 19.4 Å². The molecule has 0 atom stereocenters. The van der Waals surface area contributed by atoms with Crippen LogP contribution in [-0.4, -0.2) is 34.5 Å². The van der Waals surface area contributed by atoms with E-state index in [1.54, 1.807) is 19.4 Å². The standard InChI is InChI=1S/C18H20N4O3/c1-24-16-6-4-14(5-7-16)12-15-13-17(25-21-15)18(23)19-8-2-10-22-11-3-9-20-22/h3-7,9,11,13H,2,8,10,12H2,1H3,(H,19,23). The van der Waals surface area contributed by atoms with Gasteiger partial charge in [0.1, 0.15) is 5.75 Å². The SMILES string of the molecule is COc1ccc(Cc2cc(C(=O)NCCCn3cccn3)on2)cc1. The molecule has 0 unspecified atom stereocenters. The van der Waals surface area contributed by atoms with Crippen LogP contribution in [0.15, 0.2) is 53.3 Å². The predicted octanol–water partition coefficient (Wildman–Crippen LogP) is 2.29. The van der Waals surface area contributed by atoms with Crippen molar-refractivity contribution >= 4 is 5.91 Å². The minimum absolute atomic E-state index is 0.225. The molecule has 0 aliphatic carbocycles. The summed E-state index contributed by atoms with van der Waals surface area (Å²) in [5.74, 6) is 0.774. The molecule has 3 rings (SSSR count).